The van der Waals surface area contributed by atoms with Crippen molar-refractivity contribution in [3.8, 4) is 5.75 Å². The fourth-order valence-electron chi connectivity index (χ4n) is 3.43. The first kappa shape index (κ1) is 23.6. The number of halogens is 3. The summed E-state index contributed by atoms with van der Waals surface area (Å²) in [6, 6.07) is 12.0. The van der Waals surface area contributed by atoms with Gasteiger partial charge in [0.2, 0.25) is 11.7 Å². The van der Waals surface area contributed by atoms with E-state index in [2.05, 4.69) is 20.3 Å². The lowest BCUT2D eigenvalue weighted by Gasteiger charge is -2.13. The van der Waals surface area contributed by atoms with Crippen LogP contribution in [0.4, 0.5) is 18.9 Å². The fourth-order valence-corrected chi connectivity index (χ4v) is 4.29. The molecule has 0 aliphatic carbocycles. The normalized spacial score (nSPS) is 12.7. The van der Waals surface area contributed by atoms with Gasteiger partial charge in [-0.15, -0.1) is 23.4 Å². The minimum atomic E-state index is -4.79. The van der Waals surface area contributed by atoms with Crippen LogP contribution in [0.3, 0.4) is 0 Å². The highest BCUT2D eigenvalue weighted by Gasteiger charge is 2.31. The molecule has 178 valence electrons. The third-order valence-corrected chi connectivity index (χ3v) is 5.97. The van der Waals surface area contributed by atoms with Crippen LogP contribution in [-0.2, 0) is 11.3 Å². The van der Waals surface area contributed by atoms with Crippen molar-refractivity contribution >= 4 is 40.0 Å². The predicted molar refractivity (Wildman–Crippen MR) is 122 cm³/mol. The molecule has 0 spiro atoms. The summed E-state index contributed by atoms with van der Waals surface area (Å²) in [7, 11) is 0. The number of ether oxygens (including phenoxy) is 1. The van der Waals surface area contributed by atoms with E-state index in [-0.39, 0.29) is 17.2 Å². The molecule has 0 fully saturated rings. The Morgan fingerprint density at radius 1 is 1.15 bits per heavy atom. The number of amides is 1. The van der Waals surface area contributed by atoms with Gasteiger partial charge in [-0.25, -0.2) is 0 Å². The van der Waals surface area contributed by atoms with E-state index < -0.39 is 11.6 Å². The maximum atomic E-state index is 12.9. The van der Waals surface area contributed by atoms with Gasteiger partial charge in [-0.1, -0.05) is 30.8 Å². The lowest BCUT2D eigenvalue weighted by Crippen LogP contribution is -2.24. The molecule has 0 bridgehead atoms. The van der Waals surface area contributed by atoms with Crippen molar-refractivity contribution < 1.29 is 22.7 Å². The monoisotopic (exact) mass is 491 g/mol. The number of nitrogens with one attached hydrogen (secondary N) is 1. The van der Waals surface area contributed by atoms with E-state index in [1.165, 1.54) is 12.1 Å². The van der Waals surface area contributed by atoms with Crippen molar-refractivity contribution in [2.24, 2.45) is 0 Å². The van der Waals surface area contributed by atoms with Gasteiger partial charge in [0.15, 0.2) is 5.16 Å². The smallest absolute Gasteiger partial charge is 0.406 e. The number of hydrogen-bond donors (Lipinski definition) is 1. The van der Waals surface area contributed by atoms with Crippen LogP contribution in [0.1, 0.15) is 20.3 Å². The summed E-state index contributed by atoms with van der Waals surface area (Å²) in [6.07, 6.45) is -4.06. The van der Waals surface area contributed by atoms with Crippen LogP contribution in [-0.4, -0.2) is 36.7 Å². The molecule has 1 unspecified atom stereocenters. The second-order valence-corrected chi connectivity index (χ2v) is 8.72. The molecule has 12 heteroatoms. The molecule has 1 N–H and O–H groups in total. The molecule has 2 aromatic carbocycles. The molecule has 2 heterocycles. The van der Waals surface area contributed by atoms with Gasteiger partial charge < -0.3 is 10.1 Å². The van der Waals surface area contributed by atoms with Crippen molar-refractivity contribution in [2.45, 2.75) is 43.6 Å². The third kappa shape index (κ3) is 4.86. The Hall–Kier alpha value is -3.54. The molecule has 1 amide bonds. The number of thioether (sulfide) groups is 1. The molecule has 1 atom stereocenters. The highest BCUT2D eigenvalue weighted by atomic mass is 32.2. The summed E-state index contributed by atoms with van der Waals surface area (Å²) in [6.45, 7) is 4.10. The molecule has 0 aliphatic rings. The summed E-state index contributed by atoms with van der Waals surface area (Å²) in [5, 5.41) is 11.4. The molecular formula is C22H20F3N5O3S. The SMILES string of the molecule is CCCn1c(=O)c2ccccc2n2c(SC(C)C(=O)Nc3ccc(OC(F)(F)F)cc3)nnc12. The number of hydrogen-bond acceptors (Lipinski definition) is 6. The lowest BCUT2D eigenvalue weighted by atomic mass is 10.2. The van der Waals surface area contributed by atoms with Crippen molar-refractivity contribution in [3.63, 3.8) is 0 Å². The van der Waals surface area contributed by atoms with E-state index in [4.69, 9.17) is 0 Å². The van der Waals surface area contributed by atoms with Crippen molar-refractivity contribution in [1.82, 2.24) is 19.2 Å². The maximum Gasteiger partial charge on any atom is 0.573 e. The first-order chi connectivity index (χ1) is 16.2. The van der Waals surface area contributed by atoms with E-state index in [0.717, 1.165) is 30.3 Å². The number of carbonyl (C=O) groups is 1. The lowest BCUT2D eigenvalue weighted by molar-refractivity contribution is -0.274. The number of aryl methyl sites for hydroxylation is 1. The number of fused-ring (bicyclic) bond motifs is 3. The second-order valence-electron chi connectivity index (χ2n) is 7.41. The van der Waals surface area contributed by atoms with E-state index in [1.807, 2.05) is 13.0 Å². The number of nitrogens with zero attached hydrogens (tertiary/aromatic N) is 4. The number of alkyl halides is 3. The number of aromatic nitrogens is 4. The van der Waals surface area contributed by atoms with Crippen molar-refractivity contribution in [1.29, 1.82) is 0 Å². The average Bonchev–Trinajstić information content (AvgIpc) is 3.20. The van der Waals surface area contributed by atoms with Crippen LogP contribution in [0.2, 0.25) is 0 Å². The quantitative estimate of drug-likeness (QED) is 0.384. The molecule has 0 radical (unpaired) electrons. The van der Waals surface area contributed by atoms with Gasteiger partial charge in [-0.2, -0.15) is 0 Å². The van der Waals surface area contributed by atoms with Crippen LogP contribution in [0.25, 0.3) is 16.7 Å². The standard InChI is InChI=1S/C22H20F3N5O3S/c1-3-12-29-19(32)16-6-4-5-7-17(16)30-20(29)27-28-21(30)34-13(2)18(31)26-14-8-10-15(11-9-14)33-22(23,24)25/h4-11,13H,3,12H2,1-2H3,(H,26,31). The predicted octanol–water partition coefficient (Wildman–Crippen LogP) is 4.47. The molecule has 8 nitrogen and oxygen atoms in total. The van der Waals surface area contributed by atoms with E-state index in [0.29, 0.717) is 34.1 Å². The Bertz CT molecular complexity index is 1400. The van der Waals surface area contributed by atoms with Crippen LogP contribution < -0.4 is 15.6 Å². The maximum absolute atomic E-state index is 12.9. The summed E-state index contributed by atoms with van der Waals surface area (Å²) < 4.78 is 44.1. The Kier molecular flexibility index (Phi) is 6.51. The van der Waals surface area contributed by atoms with Gasteiger partial charge in [-0.3, -0.25) is 18.6 Å². The summed E-state index contributed by atoms with van der Waals surface area (Å²) in [5.74, 6) is -0.369. The number of carbonyl (C=O) groups excluding carboxylic acids is 1. The highest BCUT2D eigenvalue weighted by molar-refractivity contribution is 8.00. The van der Waals surface area contributed by atoms with Crippen LogP contribution in [0.15, 0.2) is 58.5 Å². The van der Waals surface area contributed by atoms with Crippen LogP contribution in [0, 0.1) is 0 Å². The van der Waals surface area contributed by atoms with E-state index in [1.54, 1.807) is 34.1 Å². The Labute approximate surface area is 195 Å². The first-order valence-corrected chi connectivity index (χ1v) is 11.3. The Balaban J connectivity index is 1.58. The molecule has 2 aromatic heterocycles. The number of benzene rings is 2. The van der Waals surface area contributed by atoms with Gasteiger partial charge in [0, 0.05) is 12.2 Å². The number of anilines is 1. The van der Waals surface area contributed by atoms with E-state index >= 15 is 0 Å². The van der Waals surface area contributed by atoms with Crippen LogP contribution >= 0.6 is 11.8 Å². The average molecular weight is 491 g/mol. The third-order valence-electron chi connectivity index (χ3n) is 4.93. The first-order valence-electron chi connectivity index (χ1n) is 10.4. The molecular weight excluding hydrogens is 471 g/mol. The second kappa shape index (κ2) is 9.37. The highest BCUT2D eigenvalue weighted by Crippen LogP contribution is 2.27. The van der Waals surface area contributed by atoms with Gasteiger partial charge >= 0.3 is 6.36 Å². The zero-order valence-corrected chi connectivity index (χ0v) is 19.0. The molecule has 4 rings (SSSR count). The minimum absolute atomic E-state index is 0.155. The summed E-state index contributed by atoms with van der Waals surface area (Å²) in [5.41, 5.74) is 0.799. The van der Waals surface area contributed by atoms with E-state index in [9.17, 15) is 22.8 Å². The van der Waals surface area contributed by atoms with Gasteiger partial charge in [0.05, 0.1) is 16.2 Å². The summed E-state index contributed by atoms with van der Waals surface area (Å²) in [4.78, 5) is 25.6. The van der Waals surface area contributed by atoms with Gasteiger partial charge in [-0.05, 0) is 49.7 Å². The zero-order chi connectivity index (χ0) is 24.5. The van der Waals surface area contributed by atoms with Crippen molar-refractivity contribution in [2.75, 3.05) is 5.32 Å². The van der Waals surface area contributed by atoms with Crippen molar-refractivity contribution in [3.05, 3.63) is 58.9 Å². The minimum Gasteiger partial charge on any atom is -0.406 e. The zero-order valence-electron chi connectivity index (χ0n) is 18.2. The largest absolute Gasteiger partial charge is 0.573 e. The fraction of sp³-hybridized carbons (Fsp3) is 0.273. The topological polar surface area (TPSA) is 90.5 Å². The molecule has 0 saturated heterocycles. The molecule has 0 saturated carbocycles. The molecule has 4 aromatic rings. The van der Waals surface area contributed by atoms with Crippen LogP contribution in [0.5, 0.6) is 5.75 Å². The Morgan fingerprint density at radius 3 is 2.53 bits per heavy atom. The molecule has 34 heavy (non-hydrogen) atoms. The number of para-hydroxylation sites is 1. The Morgan fingerprint density at radius 2 is 1.85 bits per heavy atom. The van der Waals surface area contributed by atoms with Gasteiger partial charge in [0.25, 0.3) is 5.56 Å². The number of rotatable bonds is 7. The van der Waals surface area contributed by atoms with Gasteiger partial charge in [0.1, 0.15) is 5.75 Å². The summed E-state index contributed by atoms with van der Waals surface area (Å²) >= 11 is 1.15. The molecule has 0 aliphatic heterocycles.